The Morgan fingerprint density at radius 1 is 1.11 bits per heavy atom. The van der Waals surface area contributed by atoms with Crippen LogP contribution < -0.4 is 5.32 Å². The van der Waals surface area contributed by atoms with Gasteiger partial charge in [0, 0.05) is 12.1 Å². The number of halogens is 1. The molecule has 1 saturated carbocycles. The highest BCUT2D eigenvalue weighted by Gasteiger charge is 2.43. The van der Waals surface area contributed by atoms with Gasteiger partial charge in [-0.3, -0.25) is 0 Å². The van der Waals surface area contributed by atoms with Crippen LogP contribution in [0.2, 0.25) is 0 Å². The zero-order valence-corrected chi connectivity index (χ0v) is 11.8. The van der Waals surface area contributed by atoms with Crippen molar-refractivity contribution >= 4 is 0 Å². The first-order valence-electron chi connectivity index (χ1n) is 6.94. The maximum Gasteiger partial charge on any atom is 0.123 e. The molecule has 2 rings (SSSR count). The van der Waals surface area contributed by atoms with Crippen LogP contribution in [0.5, 0.6) is 0 Å². The minimum atomic E-state index is -0.163. The van der Waals surface area contributed by atoms with Crippen molar-refractivity contribution in [2.75, 3.05) is 0 Å². The number of hydrogen-bond donors (Lipinski definition) is 1. The van der Waals surface area contributed by atoms with Gasteiger partial charge in [0.05, 0.1) is 0 Å². The molecule has 2 unspecified atom stereocenters. The van der Waals surface area contributed by atoms with Crippen LogP contribution in [-0.4, -0.2) is 6.04 Å². The highest BCUT2D eigenvalue weighted by atomic mass is 19.1. The average Bonchev–Trinajstić information content (AvgIpc) is 3.06. The molecule has 1 aliphatic carbocycles. The molecule has 1 N–H and O–H groups in total. The largest absolute Gasteiger partial charge is 0.307 e. The molecule has 18 heavy (non-hydrogen) atoms. The molecular formula is C16H24FN. The molecule has 0 saturated heterocycles. The molecule has 0 aromatic heterocycles. The standard InChI is InChI=1S/C16H24FN/c1-11(2)15(13-5-7-14(17)8-6-13)18-12(3)16(4)9-10-16/h5-8,11-12,15,18H,9-10H2,1-4H3. The van der Waals surface area contributed by atoms with Crippen molar-refractivity contribution in [3.8, 4) is 0 Å². The molecule has 1 fully saturated rings. The molecule has 2 atom stereocenters. The Kier molecular flexibility index (Phi) is 3.76. The molecule has 0 aliphatic heterocycles. The molecule has 100 valence electrons. The van der Waals surface area contributed by atoms with Gasteiger partial charge in [-0.15, -0.1) is 0 Å². The predicted octanol–water partition coefficient (Wildman–Crippen LogP) is 4.30. The van der Waals surface area contributed by atoms with E-state index in [0.29, 0.717) is 23.4 Å². The van der Waals surface area contributed by atoms with E-state index in [2.05, 4.69) is 33.0 Å². The maximum absolute atomic E-state index is 13.0. The Labute approximate surface area is 110 Å². The van der Waals surface area contributed by atoms with Gasteiger partial charge in [0.25, 0.3) is 0 Å². The van der Waals surface area contributed by atoms with Crippen LogP contribution in [0.1, 0.15) is 52.1 Å². The molecule has 2 heteroatoms. The van der Waals surface area contributed by atoms with E-state index < -0.39 is 0 Å². The van der Waals surface area contributed by atoms with Crippen LogP contribution >= 0.6 is 0 Å². The molecule has 0 spiro atoms. The van der Waals surface area contributed by atoms with Crippen molar-refractivity contribution in [3.05, 3.63) is 35.6 Å². The Balaban J connectivity index is 2.10. The summed E-state index contributed by atoms with van der Waals surface area (Å²) in [5.74, 6) is 0.337. The Morgan fingerprint density at radius 2 is 1.67 bits per heavy atom. The number of nitrogens with one attached hydrogen (secondary N) is 1. The van der Waals surface area contributed by atoms with Crippen LogP contribution in [0.4, 0.5) is 4.39 Å². The summed E-state index contributed by atoms with van der Waals surface area (Å²) in [6.07, 6.45) is 2.63. The zero-order chi connectivity index (χ0) is 13.3. The third-order valence-electron chi connectivity index (χ3n) is 4.41. The minimum absolute atomic E-state index is 0.163. The van der Waals surface area contributed by atoms with Crippen molar-refractivity contribution in [1.82, 2.24) is 5.32 Å². The lowest BCUT2D eigenvalue weighted by Gasteiger charge is -2.30. The van der Waals surface area contributed by atoms with Crippen LogP contribution in [0.15, 0.2) is 24.3 Å². The van der Waals surface area contributed by atoms with Crippen molar-refractivity contribution in [2.24, 2.45) is 11.3 Å². The predicted molar refractivity (Wildman–Crippen MR) is 73.9 cm³/mol. The summed E-state index contributed by atoms with van der Waals surface area (Å²) in [5.41, 5.74) is 1.65. The lowest BCUT2D eigenvalue weighted by molar-refractivity contribution is 0.299. The third-order valence-corrected chi connectivity index (χ3v) is 4.41. The second-order valence-electron chi connectivity index (χ2n) is 6.32. The van der Waals surface area contributed by atoms with E-state index in [0.717, 1.165) is 0 Å². The van der Waals surface area contributed by atoms with Crippen LogP contribution in [0.25, 0.3) is 0 Å². The van der Waals surface area contributed by atoms with Crippen LogP contribution in [-0.2, 0) is 0 Å². The van der Waals surface area contributed by atoms with Gasteiger partial charge in [-0.1, -0.05) is 32.9 Å². The summed E-state index contributed by atoms with van der Waals surface area (Å²) in [6, 6.07) is 7.71. The SMILES string of the molecule is CC(C)C(NC(C)C1(C)CC1)c1ccc(F)cc1. The fourth-order valence-electron chi connectivity index (χ4n) is 2.44. The Morgan fingerprint density at radius 3 is 2.11 bits per heavy atom. The van der Waals surface area contributed by atoms with E-state index >= 15 is 0 Å². The molecule has 1 aromatic rings. The second kappa shape index (κ2) is 5.00. The van der Waals surface area contributed by atoms with Gasteiger partial charge in [-0.05, 0) is 48.8 Å². The number of benzene rings is 1. The fourth-order valence-corrected chi connectivity index (χ4v) is 2.44. The summed E-state index contributed by atoms with van der Waals surface area (Å²) in [7, 11) is 0. The highest BCUT2D eigenvalue weighted by molar-refractivity contribution is 5.21. The van der Waals surface area contributed by atoms with Crippen molar-refractivity contribution in [1.29, 1.82) is 0 Å². The number of rotatable bonds is 5. The Hall–Kier alpha value is -0.890. The van der Waals surface area contributed by atoms with Crippen LogP contribution in [0.3, 0.4) is 0 Å². The first-order valence-corrected chi connectivity index (χ1v) is 6.94. The molecule has 1 nitrogen and oxygen atoms in total. The average molecular weight is 249 g/mol. The van der Waals surface area contributed by atoms with Crippen LogP contribution in [0, 0.1) is 17.2 Å². The molecular weight excluding hydrogens is 225 g/mol. The molecule has 1 aromatic carbocycles. The lowest BCUT2D eigenvalue weighted by atomic mass is 9.92. The van der Waals surface area contributed by atoms with Gasteiger partial charge in [0.2, 0.25) is 0 Å². The molecule has 0 amide bonds. The molecule has 0 heterocycles. The first kappa shape index (κ1) is 13.5. The maximum atomic E-state index is 13.0. The normalized spacial score (nSPS) is 20.8. The van der Waals surface area contributed by atoms with Crippen molar-refractivity contribution in [3.63, 3.8) is 0 Å². The van der Waals surface area contributed by atoms with Gasteiger partial charge in [0.15, 0.2) is 0 Å². The Bertz CT molecular complexity index is 392. The van der Waals surface area contributed by atoms with Gasteiger partial charge in [0.1, 0.15) is 5.82 Å². The van der Waals surface area contributed by atoms with E-state index in [9.17, 15) is 4.39 Å². The van der Waals surface area contributed by atoms with E-state index in [1.807, 2.05) is 12.1 Å². The summed E-state index contributed by atoms with van der Waals surface area (Å²) in [5, 5.41) is 3.73. The van der Waals surface area contributed by atoms with E-state index in [1.165, 1.54) is 18.4 Å². The van der Waals surface area contributed by atoms with Gasteiger partial charge >= 0.3 is 0 Å². The van der Waals surface area contributed by atoms with Crippen molar-refractivity contribution in [2.45, 2.75) is 52.6 Å². The van der Waals surface area contributed by atoms with E-state index in [-0.39, 0.29) is 5.82 Å². The highest BCUT2D eigenvalue weighted by Crippen LogP contribution is 2.48. The summed E-state index contributed by atoms with van der Waals surface area (Å²) in [6.45, 7) is 9.03. The van der Waals surface area contributed by atoms with E-state index in [1.54, 1.807) is 12.1 Å². The first-order chi connectivity index (χ1) is 8.42. The quantitative estimate of drug-likeness (QED) is 0.820. The number of hydrogen-bond acceptors (Lipinski definition) is 1. The zero-order valence-electron chi connectivity index (χ0n) is 11.8. The minimum Gasteiger partial charge on any atom is -0.307 e. The second-order valence-corrected chi connectivity index (χ2v) is 6.32. The summed E-state index contributed by atoms with van der Waals surface area (Å²) < 4.78 is 13.0. The van der Waals surface area contributed by atoms with Gasteiger partial charge < -0.3 is 5.32 Å². The summed E-state index contributed by atoms with van der Waals surface area (Å²) >= 11 is 0. The van der Waals surface area contributed by atoms with E-state index in [4.69, 9.17) is 0 Å². The lowest BCUT2D eigenvalue weighted by Crippen LogP contribution is -2.38. The van der Waals surface area contributed by atoms with Gasteiger partial charge in [-0.2, -0.15) is 0 Å². The molecule has 1 aliphatic rings. The van der Waals surface area contributed by atoms with Crippen molar-refractivity contribution < 1.29 is 4.39 Å². The fraction of sp³-hybridized carbons (Fsp3) is 0.625. The molecule has 0 bridgehead atoms. The van der Waals surface area contributed by atoms with Gasteiger partial charge in [-0.25, -0.2) is 4.39 Å². The molecule has 0 radical (unpaired) electrons. The third kappa shape index (κ3) is 2.92. The topological polar surface area (TPSA) is 12.0 Å². The summed E-state index contributed by atoms with van der Waals surface area (Å²) in [4.78, 5) is 0. The smallest absolute Gasteiger partial charge is 0.123 e. The monoisotopic (exact) mass is 249 g/mol.